The van der Waals surface area contributed by atoms with Gasteiger partial charge in [0.2, 0.25) is 11.8 Å². The molecule has 1 amide bonds. The van der Waals surface area contributed by atoms with E-state index in [1.54, 1.807) is 34.2 Å². The van der Waals surface area contributed by atoms with E-state index in [9.17, 15) is 4.79 Å². The molecule has 20 heavy (non-hydrogen) atoms. The molecule has 104 valence electrons. The second-order valence-electron chi connectivity index (χ2n) is 4.53. The van der Waals surface area contributed by atoms with Gasteiger partial charge in [0.15, 0.2) is 0 Å². The van der Waals surface area contributed by atoms with Crippen molar-refractivity contribution in [3.05, 3.63) is 41.3 Å². The van der Waals surface area contributed by atoms with E-state index in [1.165, 1.54) is 0 Å². The summed E-state index contributed by atoms with van der Waals surface area (Å²) in [5, 5.41) is 4.02. The molecule has 0 N–H and O–H groups in total. The van der Waals surface area contributed by atoms with Crippen LogP contribution < -0.4 is 4.74 Å². The Morgan fingerprint density at radius 3 is 2.95 bits per heavy atom. The molecule has 0 aromatic carbocycles. The average molecular weight is 337 g/mol. The minimum Gasteiger partial charge on any atom is -0.470 e. The van der Waals surface area contributed by atoms with E-state index in [4.69, 9.17) is 4.74 Å². The lowest BCUT2D eigenvalue weighted by atomic mass is 10.1. The number of carbonyl (C=O) groups is 1. The predicted octanol–water partition coefficient (Wildman–Crippen LogP) is 1.33. The second kappa shape index (κ2) is 5.62. The van der Waals surface area contributed by atoms with Crippen molar-refractivity contribution in [1.29, 1.82) is 0 Å². The largest absolute Gasteiger partial charge is 0.470 e. The number of carbonyl (C=O) groups excluding carboxylic acids is 1. The molecule has 0 unspecified atom stereocenters. The van der Waals surface area contributed by atoms with Crippen molar-refractivity contribution in [3.63, 3.8) is 0 Å². The first-order valence-corrected chi connectivity index (χ1v) is 7.04. The van der Waals surface area contributed by atoms with E-state index < -0.39 is 0 Å². The summed E-state index contributed by atoms with van der Waals surface area (Å²) in [5.41, 5.74) is 0. The maximum Gasteiger partial charge on any atom is 0.244 e. The molecular weight excluding hydrogens is 324 g/mol. The first kappa shape index (κ1) is 13.1. The first-order valence-electron chi connectivity index (χ1n) is 6.25. The van der Waals surface area contributed by atoms with E-state index in [0.717, 1.165) is 4.47 Å². The van der Waals surface area contributed by atoms with Gasteiger partial charge in [0, 0.05) is 18.6 Å². The fourth-order valence-corrected chi connectivity index (χ4v) is 2.31. The number of likely N-dealkylation sites (tertiary alicyclic amines) is 1. The van der Waals surface area contributed by atoms with Gasteiger partial charge in [-0.25, -0.2) is 4.98 Å². The van der Waals surface area contributed by atoms with E-state index in [-0.39, 0.29) is 18.6 Å². The fraction of sp³-hybridized carbons (Fsp3) is 0.308. The maximum absolute atomic E-state index is 11.9. The average Bonchev–Trinajstić information content (AvgIpc) is 2.88. The van der Waals surface area contributed by atoms with E-state index >= 15 is 0 Å². The molecule has 0 atom stereocenters. The van der Waals surface area contributed by atoms with Gasteiger partial charge in [-0.2, -0.15) is 5.10 Å². The first-order chi connectivity index (χ1) is 9.72. The Kier molecular flexibility index (Phi) is 3.68. The highest BCUT2D eigenvalue weighted by molar-refractivity contribution is 9.10. The summed E-state index contributed by atoms with van der Waals surface area (Å²) in [6, 6.07) is 5.51. The standard InChI is InChI=1S/C13H13BrN4O2/c14-11-3-1-4-15-13(11)20-10-7-17(8-10)12(19)9-18-6-2-5-16-18/h1-6,10H,7-9H2. The van der Waals surface area contributed by atoms with E-state index in [0.29, 0.717) is 19.0 Å². The Morgan fingerprint density at radius 1 is 1.40 bits per heavy atom. The Hall–Kier alpha value is -1.89. The molecule has 0 saturated carbocycles. The molecule has 1 fully saturated rings. The molecule has 3 rings (SSSR count). The monoisotopic (exact) mass is 336 g/mol. The fourth-order valence-electron chi connectivity index (χ4n) is 1.96. The van der Waals surface area contributed by atoms with Crippen LogP contribution in [0.2, 0.25) is 0 Å². The molecule has 7 heteroatoms. The van der Waals surface area contributed by atoms with Gasteiger partial charge in [0.1, 0.15) is 12.6 Å². The minimum absolute atomic E-state index is 0.00257. The summed E-state index contributed by atoms with van der Waals surface area (Å²) >= 11 is 3.38. The molecule has 0 radical (unpaired) electrons. The molecule has 2 aromatic rings. The molecule has 6 nitrogen and oxygen atoms in total. The SMILES string of the molecule is O=C(Cn1cccn1)N1CC(Oc2ncccc2Br)C1. The zero-order valence-corrected chi connectivity index (χ0v) is 12.2. The highest BCUT2D eigenvalue weighted by Crippen LogP contribution is 2.24. The number of pyridine rings is 1. The van der Waals surface area contributed by atoms with Crippen LogP contribution >= 0.6 is 15.9 Å². The Morgan fingerprint density at radius 2 is 2.25 bits per heavy atom. The van der Waals surface area contributed by atoms with Crippen LogP contribution in [0.1, 0.15) is 0 Å². The third-order valence-corrected chi connectivity index (χ3v) is 3.66. The quantitative estimate of drug-likeness (QED) is 0.845. The van der Waals surface area contributed by atoms with Crippen molar-refractivity contribution in [3.8, 4) is 5.88 Å². The van der Waals surface area contributed by atoms with Gasteiger partial charge in [0.05, 0.1) is 17.6 Å². The van der Waals surface area contributed by atoms with Crippen molar-refractivity contribution in [1.82, 2.24) is 19.7 Å². The number of hydrogen-bond acceptors (Lipinski definition) is 4. The maximum atomic E-state index is 11.9. The van der Waals surface area contributed by atoms with Gasteiger partial charge in [-0.3, -0.25) is 9.48 Å². The number of nitrogens with zero attached hydrogens (tertiary/aromatic N) is 4. The Labute approximate surface area is 124 Å². The highest BCUT2D eigenvalue weighted by Gasteiger charge is 2.32. The van der Waals surface area contributed by atoms with Gasteiger partial charge in [-0.05, 0) is 34.1 Å². The highest BCUT2D eigenvalue weighted by atomic mass is 79.9. The van der Waals surface area contributed by atoms with Crippen LogP contribution in [-0.4, -0.2) is 44.8 Å². The second-order valence-corrected chi connectivity index (χ2v) is 5.39. The van der Waals surface area contributed by atoms with Crippen molar-refractivity contribution >= 4 is 21.8 Å². The Bertz CT molecular complexity index is 596. The number of amides is 1. The van der Waals surface area contributed by atoms with Crippen LogP contribution in [0.3, 0.4) is 0 Å². The topological polar surface area (TPSA) is 60.2 Å². The van der Waals surface area contributed by atoms with Crippen molar-refractivity contribution in [2.45, 2.75) is 12.6 Å². The lowest BCUT2D eigenvalue weighted by Gasteiger charge is -2.38. The molecule has 0 spiro atoms. The summed E-state index contributed by atoms with van der Waals surface area (Å²) in [6.45, 7) is 1.44. The van der Waals surface area contributed by atoms with E-state index in [1.807, 2.05) is 12.1 Å². The molecule has 0 aliphatic carbocycles. The molecule has 0 bridgehead atoms. The van der Waals surface area contributed by atoms with Gasteiger partial charge >= 0.3 is 0 Å². The van der Waals surface area contributed by atoms with Crippen LogP contribution in [0.25, 0.3) is 0 Å². The van der Waals surface area contributed by atoms with Crippen molar-refractivity contribution in [2.24, 2.45) is 0 Å². The van der Waals surface area contributed by atoms with Crippen LogP contribution in [0.5, 0.6) is 5.88 Å². The van der Waals surface area contributed by atoms with Crippen molar-refractivity contribution in [2.75, 3.05) is 13.1 Å². The smallest absolute Gasteiger partial charge is 0.244 e. The van der Waals surface area contributed by atoms with Gasteiger partial charge < -0.3 is 9.64 Å². The number of rotatable bonds is 4. The van der Waals surface area contributed by atoms with Gasteiger partial charge in [-0.15, -0.1) is 0 Å². The van der Waals surface area contributed by atoms with Crippen LogP contribution in [0.4, 0.5) is 0 Å². The zero-order valence-electron chi connectivity index (χ0n) is 10.6. The molecule has 1 aliphatic heterocycles. The number of ether oxygens (including phenoxy) is 1. The molecule has 1 saturated heterocycles. The third-order valence-electron chi connectivity index (χ3n) is 3.06. The summed E-state index contributed by atoms with van der Waals surface area (Å²) in [7, 11) is 0. The third kappa shape index (κ3) is 2.82. The Balaban J connectivity index is 1.49. The summed E-state index contributed by atoms with van der Waals surface area (Å²) in [6.07, 6.45) is 5.12. The molecule has 1 aliphatic rings. The van der Waals surface area contributed by atoms with Crippen LogP contribution in [0, 0.1) is 0 Å². The summed E-state index contributed by atoms with van der Waals surface area (Å²) in [5.74, 6) is 0.616. The van der Waals surface area contributed by atoms with Crippen LogP contribution in [-0.2, 0) is 11.3 Å². The summed E-state index contributed by atoms with van der Waals surface area (Å²) in [4.78, 5) is 17.8. The number of hydrogen-bond donors (Lipinski definition) is 0. The van der Waals surface area contributed by atoms with Crippen LogP contribution in [0.15, 0.2) is 41.3 Å². The summed E-state index contributed by atoms with van der Waals surface area (Å²) < 4.78 is 8.16. The van der Waals surface area contributed by atoms with Crippen molar-refractivity contribution < 1.29 is 9.53 Å². The minimum atomic E-state index is 0.00257. The number of aromatic nitrogens is 3. The lowest BCUT2D eigenvalue weighted by Crippen LogP contribution is -2.57. The predicted molar refractivity (Wildman–Crippen MR) is 75.2 cm³/mol. The molecule has 3 heterocycles. The van der Waals surface area contributed by atoms with Gasteiger partial charge in [0.25, 0.3) is 0 Å². The number of halogens is 1. The van der Waals surface area contributed by atoms with E-state index in [2.05, 4.69) is 26.0 Å². The molecular formula is C13H13BrN4O2. The zero-order chi connectivity index (χ0) is 13.9. The molecule has 2 aromatic heterocycles. The van der Waals surface area contributed by atoms with Gasteiger partial charge in [-0.1, -0.05) is 0 Å². The normalized spacial score (nSPS) is 14.9. The lowest BCUT2D eigenvalue weighted by molar-refractivity contribution is -0.141.